The summed E-state index contributed by atoms with van der Waals surface area (Å²) in [6.45, 7) is 2.55. The van der Waals surface area contributed by atoms with Gasteiger partial charge in [0.2, 0.25) is 0 Å². The largest absolute Gasteiger partial charge is 0.504 e. The number of ether oxygens (including phenoxy) is 1. The van der Waals surface area contributed by atoms with Gasteiger partial charge in [0.15, 0.2) is 11.5 Å². The number of rotatable bonds is 5. The fourth-order valence-corrected chi connectivity index (χ4v) is 1.65. The fraction of sp³-hybridized carbons (Fsp3) is 0.385. The molecule has 0 saturated carbocycles. The zero-order valence-electron chi connectivity index (χ0n) is 10.8. The van der Waals surface area contributed by atoms with Crippen molar-refractivity contribution in [2.24, 2.45) is 5.73 Å². The number of ketones is 1. The predicted molar refractivity (Wildman–Crippen MR) is 67.7 cm³/mol. The van der Waals surface area contributed by atoms with Crippen LogP contribution in [0.1, 0.15) is 19.4 Å². The molecule has 0 aliphatic rings. The number of carbonyl (C=O) groups excluding carboxylic acids is 2. The second kappa shape index (κ2) is 6.19. The van der Waals surface area contributed by atoms with Crippen molar-refractivity contribution in [2.75, 3.05) is 0 Å². The van der Waals surface area contributed by atoms with Gasteiger partial charge in [-0.15, -0.1) is 0 Å². The molecule has 1 aromatic rings. The number of carbonyl (C=O) groups is 2. The van der Waals surface area contributed by atoms with Gasteiger partial charge in [-0.1, -0.05) is 6.07 Å². The van der Waals surface area contributed by atoms with Crippen LogP contribution in [0.25, 0.3) is 0 Å². The van der Waals surface area contributed by atoms with E-state index in [-0.39, 0.29) is 23.7 Å². The monoisotopic (exact) mass is 267 g/mol. The van der Waals surface area contributed by atoms with Crippen molar-refractivity contribution in [2.45, 2.75) is 32.4 Å². The normalized spacial score (nSPS) is 13.6. The van der Waals surface area contributed by atoms with E-state index in [4.69, 9.17) is 10.5 Å². The predicted octanol–water partition coefficient (Wildman–Crippen LogP) is 0.488. The van der Waals surface area contributed by atoms with Crippen molar-refractivity contribution in [3.05, 3.63) is 23.8 Å². The van der Waals surface area contributed by atoms with Crippen LogP contribution in [0.2, 0.25) is 0 Å². The van der Waals surface area contributed by atoms with E-state index >= 15 is 0 Å². The Morgan fingerprint density at radius 2 is 1.89 bits per heavy atom. The van der Waals surface area contributed by atoms with Gasteiger partial charge in [-0.05, 0) is 24.6 Å². The highest BCUT2D eigenvalue weighted by Crippen LogP contribution is 2.26. The number of phenolic OH excluding ortho intramolecular Hbond substituents is 2. The number of esters is 1. The first-order valence-electron chi connectivity index (χ1n) is 5.75. The van der Waals surface area contributed by atoms with Crippen LogP contribution < -0.4 is 5.73 Å². The van der Waals surface area contributed by atoms with Crippen molar-refractivity contribution in [1.29, 1.82) is 0 Å². The summed E-state index contributed by atoms with van der Waals surface area (Å²) in [4.78, 5) is 22.3. The maximum Gasteiger partial charge on any atom is 0.302 e. The molecule has 0 amide bonds. The molecule has 0 aromatic heterocycles. The Kier molecular flexibility index (Phi) is 4.88. The van der Waals surface area contributed by atoms with E-state index in [1.165, 1.54) is 26.0 Å². The summed E-state index contributed by atoms with van der Waals surface area (Å²) in [6, 6.07) is 3.27. The van der Waals surface area contributed by atoms with Gasteiger partial charge in [0.25, 0.3) is 0 Å². The Labute approximate surface area is 110 Å². The molecule has 104 valence electrons. The summed E-state index contributed by atoms with van der Waals surface area (Å²) in [6.07, 6.45) is -0.632. The van der Waals surface area contributed by atoms with Crippen LogP contribution in [-0.2, 0) is 20.7 Å². The van der Waals surface area contributed by atoms with Gasteiger partial charge in [-0.2, -0.15) is 0 Å². The summed E-state index contributed by atoms with van der Waals surface area (Å²) >= 11 is 0. The lowest BCUT2D eigenvalue weighted by atomic mass is 9.99. The SMILES string of the molecule is CC(=O)OC(Cc1ccc(O)c(O)c1)C(N)C(C)=O. The molecule has 2 unspecified atom stereocenters. The van der Waals surface area contributed by atoms with Crippen LogP contribution in [0, 0.1) is 0 Å². The number of hydrogen-bond acceptors (Lipinski definition) is 6. The lowest BCUT2D eigenvalue weighted by molar-refractivity contribution is -0.148. The Morgan fingerprint density at radius 1 is 1.26 bits per heavy atom. The van der Waals surface area contributed by atoms with Crippen molar-refractivity contribution >= 4 is 11.8 Å². The van der Waals surface area contributed by atoms with E-state index in [9.17, 15) is 19.8 Å². The molecule has 0 aliphatic heterocycles. The molecule has 2 atom stereocenters. The van der Waals surface area contributed by atoms with Crippen LogP contribution in [0.5, 0.6) is 11.5 Å². The lowest BCUT2D eigenvalue weighted by Gasteiger charge is -2.21. The molecular formula is C13H17NO5. The molecule has 0 bridgehead atoms. The van der Waals surface area contributed by atoms with E-state index in [0.29, 0.717) is 5.56 Å². The highest BCUT2D eigenvalue weighted by Gasteiger charge is 2.25. The number of hydrogen-bond donors (Lipinski definition) is 3. The second-order valence-corrected chi connectivity index (χ2v) is 4.31. The molecule has 0 radical (unpaired) electrons. The molecule has 0 fully saturated rings. The first-order chi connectivity index (χ1) is 8.81. The van der Waals surface area contributed by atoms with E-state index < -0.39 is 18.1 Å². The number of benzene rings is 1. The minimum atomic E-state index is -0.931. The average molecular weight is 267 g/mol. The zero-order valence-corrected chi connectivity index (χ0v) is 10.8. The van der Waals surface area contributed by atoms with Crippen molar-refractivity contribution in [3.8, 4) is 11.5 Å². The zero-order chi connectivity index (χ0) is 14.6. The number of nitrogens with two attached hydrogens (primary N) is 1. The summed E-state index contributed by atoms with van der Waals surface area (Å²) < 4.78 is 5.02. The van der Waals surface area contributed by atoms with Crippen LogP contribution >= 0.6 is 0 Å². The minimum absolute atomic E-state index is 0.175. The highest BCUT2D eigenvalue weighted by molar-refractivity contribution is 5.82. The van der Waals surface area contributed by atoms with Crippen LogP contribution in [0.3, 0.4) is 0 Å². The summed E-state index contributed by atoms with van der Waals surface area (Å²) in [7, 11) is 0. The molecule has 19 heavy (non-hydrogen) atoms. The topological polar surface area (TPSA) is 110 Å². The molecule has 0 saturated heterocycles. The van der Waals surface area contributed by atoms with Gasteiger partial charge in [-0.25, -0.2) is 0 Å². The number of phenols is 2. The minimum Gasteiger partial charge on any atom is -0.504 e. The van der Waals surface area contributed by atoms with E-state index in [1.807, 2.05) is 0 Å². The standard InChI is InChI=1S/C13H17NO5/c1-7(15)13(14)12(19-8(2)16)6-9-3-4-10(17)11(18)5-9/h3-5,12-13,17-18H,6,14H2,1-2H3. The first kappa shape index (κ1) is 15.0. The maximum atomic E-state index is 11.3. The third-order valence-electron chi connectivity index (χ3n) is 2.66. The molecule has 1 aromatic carbocycles. The molecule has 4 N–H and O–H groups in total. The molecule has 0 heterocycles. The van der Waals surface area contributed by atoms with Crippen LogP contribution in [-0.4, -0.2) is 34.1 Å². The Hall–Kier alpha value is -2.08. The van der Waals surface area contributed by atoms with E-state index in [2.05, 4.69) is 0 Å². The molecule has 0 aliphatic carbocycles. The average Bonchev–Trinajstić information content (AvgIpc) is 2.31. The number of Topliss-reactive ketones (excluding diaryl/α,β-unsaturated/α-hetero) is 1. The quantitative estimate of drug-likeness (QED) is 0.529. The Bertz CT molecular complexity index is 486. The molecule has 1 rings (SSSR count). The van der Waals surface area contributed by atoms with Crippen molar-refractivity contribution < 1.29 is 24.5 Å². The summed E-state index contributed by atoms with van der Waals surface area (Å²) in [5.74, 6) is -1.36. The summed E-state index contributed by atoms with van der Waals surface area (Å²) in [5, 5.41) is 18.6. The van der Waals surface area contributed by atoms with Gasteiger partial charge >= 0.3 is 5.97 Å². The number of aromatic hydroxyl groups is 2. The van der Waals surface area contributed by atoms with Gasteiger partial charge < -0.3 is 20.7 Å². The summed E-state index contributed by atoms with van der Waals surface area (Å²) in [5.41, 5.74) is 6.28. The molecule has 0 spiro atoms. The van der Waals surface area contributed by atoms with Crippen LogP contribution in [0.15, 0.2) is 18.2 Å². The van der Waals surface area contributed by atoms with Gasteiger partial charge in [0.1, 0.15) is 17.9 Å². The fourth-order valence-electron chi connectivity index (χ4n) is 1.65. The Morgan fingerprint density at radius 3 is 2.37 bits per heavy atom. The highest BCUT2D eigenvalue weighted by atomic mass is 16.5. The Balaban J connectivity index is 2.90. The van der Waals surface area contributed by atoms with Gasteiger partial charge in [0.05, 0.1) is 0 Å². The van der Waals surface area contributed by atoms with E-state index in [1.54, 1.807) is 6.07 Å². The van der Waals surface area contributed by atoms with Gasteiger partial charge in [0, 0.05) is 13.3 Å². The van der Waals surface area contributed by atoms with Crippen molar-refractivity contribution in [3.63, 3.8) is 0 Å². The van der Waals surface area contributed by atoms with Crippen LogP contribution in [0.4, 0.5) is 0 Å². The maximum absolute atomic E-state index is 11.3. The first-order valence-corrected chi connectivity index (χ1v) is 5.75. The molecule has 6 heteroatoms. The molecular weight excluding hydrogens is 250 g/mol. The third-order valence-corrected chi connectivity index (χ3v) is 2.66. The van der Waals surface area contributed by atoms with E-state index in [0.717, 1.165) is 0 Å². The third kappa shape index (κ3) is 4.26. The molecule has 6 nitrogen and oxygen atoms in total. The lowest BCUT2D eigenvalue weighted by Crippen LogP contribution is -2.44. The smallest absolute Gasteiger partial charge is 0.302 e. The van der Waals surface area contributed by atoms with Crippen molar-refractivity contribution in [1.82, 2.24) is 0 Å². The van der Waals surface area contributed by atoms with Gasteiger partial charge in [-0.3, -0.25) is 9.59 Å². The second-order valence-electron chi connectivity index (χ2n) is 4.31.